The molecule has 0 saturated carbocycles. The quantitative estimate of drug-likeness (QED) is 0.868. The first-order chi connectivity index (χ1) is 8.99. The van der Waals surface area contributed by atoms with Crippen molar-refractivity contribution in [2.24, 2.45) is 0 Å². The van der Waals surface area contributed by atoms with Gasteiger partial charge in [0.2, 0.25) is 0 Å². The predicted octanol–water partition coefficient (Wildman–Crippen LogP) is 2.51. The van der Waals surface area contributed by atoms with Crippen LogP contribution in [-0.2, 0) is 9.84 Å². The minimum atomic E-state index is -3.16. The maximum absolute atomic E-state index is 11.3. The minimum absolute atomic E-state index is 0.296. The molecule has 96 valence electrons. The van der Waals surface area contributed by atoms with E-state index in [1.807, 2.05) is 6.07 Å². The average Bonchev–Trinajstić information content (AvgIpc) is 2.39. The van der Waals surface area contributed by atoms with Crippen molar-refractivity contribution in [3.8, 4) is 6.07 Å². The van der Waals surface area contributed by atoms with Crippen molar-refractivity contribution >= 4 is 21.6 Å². The summed E-state index contributed by atoms with van der Waals surface area (Å²) in [4.78, 5) is 5.33. The molecule has 0 aliphatic heterocycles. The summed E-state index contributed by atoms with van der Waals surface area (Å²) in [5.41, 5.74) is 0.511. The highest BCUT2D eigenvalue weighted by molar-refractivity contribution is 7.99. The van der Waals surface area contributed by atoms with Crippen LogP contribution in [0.25, 0.3) is 0 Å². The summed E-state index contributed by atoms with van der Waals surface area (Å²) >= 11 is 1.41. The van der Waals surface area contributed by atoms with E-state index < -0.39 is 9.84 Å². The lowest BCUT2D eigenvalue weighted by Crippen LogP contribution is -1.95. The maximum atomic E-state index is 11.3. The molecule has 0 saturated heterocycles. The number of nitriles is 1. The lowest BCUT2D eigenvalue weighted by Gasteiger charge is -2.02. The maximum Gasteiger partial charge on any atom is 0.175 e. The number of hydrogen-bond acceptors (Lipinski definition) is 5. The van der Waals surface area contributed by atoms with Gasteiger partial charge in [0.15, 0.2) is 9.84 Å². The Hall–Kier alpha value is -1.84. The highest BCUT2D eigenvalue weighted by atomic mass is 32.2. The van der Waals surface area contributed by atoms with Gasteiger partial charge in [-0.05, 0) is 36.4 Å². The van der Waals surface area contributed by atoms with Crippen LogP contribution in [0.15, 0.2) is 57.4 Å². The topological polar surface area (TPSA) is 70.8 Å². The van der Waals surface area contributed by atoms with E-state index >= 15 is 0 Å². The summed E-state index contributed by atoms with van der Waals surface area (Å²) in [6.45, 7) is 0. The van der Waals surface area contributed by atoms with Crippen molar-refractivity contribution < 1.29 is 8.42 Å². The zero-order valence-electron chi connectivity index (χ0n) is 10.1. The van der Waals surface area contributed by atoms with Crippen molar-refractivity contribution in [3.63, 3.8) is 0 Å². The third-order valence-corrected chi connectivity index (χ3v) is 4.43. The van der Waals surface area contributed by atoms with Gasteiger partial charge in [-0.25, -0.2) is 13.4 Å². The molecule has 0 aliphatic rings. The Bertz CT molecular complexity index is 715. The van der Waals surface area contributed by atoms with Gasteiger partial charge in [0.25, 0.3) is 0 Å². The molecule has 0 aliphatic carbocycles. The molecule has 19 heavy (non-hydrogen) atoms. The minimum Gasteiger partial charge on any atom is -0.248 e. The fourth-order valence-electron chi connectivity index (χ4n) is 1.38. The lowest BCUT2D eigenvalue weighted by atomic mass is 10.3. The van der Waals surface area contributed by atoms with Gasteiger partial charge in [-0.15, -0.1) is 0 Å². The number of hydrogen-bond donors (Lipinski definition) is 0. The number of sulfone groups is 1. The van der Waals surface area contributed by atoms with Gasteiger partial charge in [0.05, 0.1) is 10.5 Å². The third kappa shape index (κ3) is 3.56. The molecular formula is C13H10N2O2S2. The highest BCUT2D eigenvalue weighted by Crippen LogP contribution is 2.26. The van der Waals surface area contributed by atoms with Gasteiger partial charge in [0, 0.05) is 17.3 Å². The molecule has 2 aromatic rings. The SMILES string of the molecule is CS(=O)(=O)c1ccc(Sc2ccc(C#N)cn2)cc1. The van der Waals surface area contributed by atoms with Crippen LogP contribution in [0.5, 0.6) is 0 Å². The molecule has 2 rings (SSSR count). The summed E-state index contributed by atoms with van der Waals surface area (Å²) < 4.78 is 22.6. The number of pyridine rings is 1. The molecular weight excluding hydrogens is 280 g/mol. The first kappa shape index (κ1) is 13.6. The Balaban J connectivity index is 2.17. The standard InChI is InChI=1S/C13H10N2O2S2/c1-19(16,17)12-5-3-11(4-6-12)18-13-7-2-10(8-14)9-15-13/h2-7,9H,1H3. The Morgan fingerprint density at radius 2 is 1.84 bits per heavy atom. The predicted molar refractivity (Wildman–Crippen MR) is 72.6 cm³/mol. The van der Waals surface area contributed by atoms with E-state index in [1.165, 1.54) is 24.2 Å². The molecule has 6 heteroatoms. The first-order valence-electron chi connectivity index (χ1n) is 5.33. The lowest BCUT2D eigenvalue weighted by molar-refractivity contribution is 0.602. The van der Waals surface area contributed by atoms with E-state index in [4.69, 9.17) is 5.26 Å². The average molecular weight is 290 g/mol. The van der Waals surface area contributed by atoms with Crippen LogP contribution in [0.2, 0.25) is 0 Å². The molecule has 0 atom stereocenters. The van der Waals surface area contributed by atoms with Crippen LogP contribution in [0.3, 0.4) is 0 Å². The highest BCUT2D eigenvalue weighted by Gasteiger charge is 2.06. The second-order valence-corrected chi connectivity index (χ2v) is 6.95. The summed E-state index contributed by atoms with van der Waals surface area (Å²) in [6.07, 6.45) is 2.69. The van der Waals surface area contributed by atoms with E-state index in [-0.39, 0.29) is 0 Å². The Kier molecular flexibility index (Phi) is 3.88. The van der Waals surface area contributed by atoms with Crippen LogP contribution in [0, 0.1) is 11.3 Å². The van der Waals surface area contributed by atoms with Crippen molar-refractivity contribution in [3.05, 3.63) is 48.2 Å². The second kappa shape index (κ2) is 5.43. The zero-order chi connectivity index (χ0) is 13.9. The molecule has 0 bridgehead atoms. The number of aromatic nitrogens is 1. The van der Waals surface area contributed by atoms with Crippen molar-refractivity contribution in [2.75, 3.05) is 6.26 Å². The van der Waals surface area contributed by atoms with Gasteiger partial charge >= 0.3 is 0 Å². The largest absolute Gasteiger partial charge is 0.248 e. The van der Waals surface area contributed by atoms with E-state index in [0.717, 1.165) is 9.92 Å². The summed E-state index contributed by atoms with van der Waals surface area (Å²) in [6, 6.07) is 12.1. The molecule has 0 radical (unpaired) electrons. The van der Waals surface area contributed by atoms with Crippen LogP contribution in [0.1, 0.15) is 5.56 Å². The van der Waals surface area contributed by atoms with Gasteiger partial charge in [-0.3, -0.25) is 0 Å². The van der Waals surface area contributed by atoms with E-state index in [9.17, 15) is 8.42 Å². The number of nitrogens with zero attached hydrogens (tertiary/aromatic N) is 2. The molecule has 0 unspecified atom stereocenters. The second-order valence-electron chi connectivity index (χ2n) is 3.84. The normalized spacial score (nSPS) is 10.9. The molecule has 1 heterocycles. The molecule has 0 fully saturated rings. The fraction of sp³-hybridized carbons (Fsp3) is 0.0769. The summed E-state index contributed by atoms with van der Waals surface area (Å²) in [5, 5.41) is 9.43. The third-order valence-electron chi connectivity index (χ3n) is 2.34. The number of benzene rings is 1. The van der Waals surface area contributed by atoms with Gasteiger partial charge < -0.3 is 0 Å². The molecule has 0 N–H and O–H groups in total. The molecule has 1 aromatic heterocycles. The molecule has 0 spiro atoms. The van der Waals surface area contributed by atoms with Crippen LogP contribution in [-0.4, -0.2) is 19.7 Å². The van der Waals surface area contributed by atoms with Gasteiger partial charge in [-0.1, -0.05) is 11.8 Å². The Morgan fingerprint density at radius 1 is 1.16 bits per heavy atom. The number of rotatable bonds is 3. The Morgan fingerprint density at radius 3 is 2.32 bits per heavy atom. The smallest absolute Gasteiger partial charge is 0.175 e. The Labute approximate surface area is 116 Å². The zero-order valence-corrected chi connectivity index (χ0v) is 11.7. The first-order valence-corrected chi connectivity index (χ1v) is 8.04. The van der Waals surface area contributed by atoms with E-state index in [2.05, 4.69) is 4.98 Å². The van der Waals surface area contributed by atoms with Crippen LogP contribution in [0.4, 0.5) is 0 Å². The molecule has 0 amide bonds. The van der Waals surface area contributed by atoms with Crippen LogP contribution >= 0.6 is 11.8 Å². The van der Waals surface area contributed by atoms with Crippen molar-refractivity contribution in [1.82, 2.24) is 4.98 Å². The van der Waals surface area contributed by atoms with Crippen molar-refractivity contribution in [1.29, 1.82) is 5.26 Å². The summed E-state index contributed by atoms with van der Waals surface area (Å²) in [5.74, 6) is 0. The van der Waals surface area contributed by atoms with Crippen molar-refractivity contribution in [2.45, 2.75) is 14.8 Å². The molecule has 4 nitrogen and oxygen atoms in total. The van der Waals surface area contributed by atoms with Gasteiger partial charge in [0.1, 0.15) is 11.1 Å². The van der Waals surface area contributed by atoms with E-state index in [0.29, 0.717) is 10.5 Å². The van der Waals surface area contributed by atoms with Crippen LogP contribution < -0.4 is 0 Å². The molecule has 1 aromatic carbocycles. The fourth-order valence-corrected chi connectivity index (χ4v) is 2.77. The monoisotopic (exact) mass is 290 g/mol. The van der Waals surface area contributed by atoms with E-state index in [1.54, 1.807) is 36.4 Å². The summed E-state index contributed by atoms with van der Waals surface area (Å²) in [7, 11) is -3.16. The van der Waals surface area contributed by atoms with Gasteiger partial charge in [-0.2, -0.15) is 5.26 Å².